The van der Waals surface area contributed by atoms with E-state index in [-0.39, 0.29) is 0 Å². The van der Waals surface area contributed by atoms with Crippen LogP contribution in [0, 0.1) is 11.3 Å². The van der Waals surface area contributed by atoms with E-state index < -0.39 is 0 Å². The molecule has 0 fully saturated rings. The van der Waals surface area contributed by atoms with Crippen molar-refractivity contribution < 1.29 is 0 Å². The van der Waals surface area contributed by atoms with Crippen LogP contribution in [0.25, 0.3) is 134 Å². The number of benzene rings is 11. The summed E-state index contributed by atoms with van der Waals surface area (Å²) in [5, 5.41) is 14.4. The minimum absolute atomic E-state index is 0.566. The highest BCUT2D eigenvalue weighted by molar-refractivity contribution is 6.13. The Kier molecular flexibility index (Phi) is 10.8. The van der Waals surface area contributed by atoms with Gasteiger partial charge in [-0.2, -0.15) is 5.26 Å². The molecule has 6 heteroatoms. The molecule has 3 aromatic heterocycles. The predicted octanol–water partition coefficient (Wildman–Crippen LogP) is 17.6. The van der Waals surface area contributed by atoms with Gasteiger partial charge in [-0.05, 0) is 106 Å². The van der Waals surface area contributed by atoms with Crippen LogP contribution < -0.4 is 0 Å². The third kappa shape index (κ3) is 7.70. The summed E-state index contributed by atoms with van der Waals surface area (Å²) in [6.45, 7) is 0. The summed E-state index contributed by atoms with van der Waals surface area (Å²) >= 11 is 0. The van der Waals surface area contributed by atoms with E-state index in [4.69, 9.17) is 15.0 Å². The van der Waals surface area contributed by atoms with E-state index in [0.717, 1.165) is 111 Å². The topological polar surface area (TPSA) is 72.3 Å². The Morgan fingerprint density at radius 3 is 1.16 bits per heavy atom. The molecule has 0 N–H and O–H groups in total. The fourth-order valence-electron chi connectivity index (χ4n) is 11.0. The molecule has 0 saturated carbocycles. The number of aromatic nitrogens is 5. The number of nitriles is 1. The minimum atomic E-state index is 0.566. The van der Waals surface area contributed by atoms with Crippen molar-refractivity contribution in [2.45, 2.75) is 0 Å². The summed E-state index contributed by atoms with van der Waals surface area (Å²) in [6, 6.07) is 96.2. The summed E-state index contributed by atoms with van der Waals surface area (Å²) in [4.78, 5) is 15.6. The van der Waals surface area contributed by atoms with Gasteiger partial charge in [0.05, 0.1) is 45.1 Å². The molecule has 0 atom stereocenters. The second kappa shape index (κ2) is 18.5. The highest BCUT2D eigenvalue weighted by Gasteiger charge is 2.24. The van der Waals surface area contributed by atoms with Gasteiger partial charge >= 0.3 is 0 Å². The van der Waals surface area contributed by atoms with Crippen LogP contribution in [0.4, 0.5) is 0 Å². The molecule has 11 aromatic carbocycles. The molecular weight excluding hydrogens is 925 g/mol. The summed E-state index contributed by atoms with van der Waals surface area (Å²) in [5.74, 6) is 1.76. The van der Waals surface area contributed by atoms with E-state index in [1.54, 1.807) is 0 Å². The lowest BCUT2D eigenvalue weighted by Crippen LogP contribution is -2.04. The summed E-state index contributed by atoms with van der Waals surface area (Å²) < 4.78 is 4.85. The molecule has 0 spiro atoms. The zero-order valence-electron chi connectivity index (χ0n) is 41.1. The maximum absolute atomic E-state index is 9.81. The van der Waals surface area contributed by atoms with Gasteiger partial charge < -0.3 is 9.13 Å². The number of rotatable bonds is 9. The number of para-hydroxylation sites is 2. The van der Waals surface area contributed by atoms with E-state index in [1.165, 1.54) is 5.56 Å². The number of nitrogens with zero attached hydrogens (tertiary/aromatic N) is 6. The van der Waals surface area contributed by atoms with Crippen LogP contribution in [0.1, 0.15) is 5.56 Å². The fraction of sp³-hybridized carbons (Fsp3) is 0. The first-order chi connectivity index (χ1) is 37.6. The van der Waals surface area contributed by atoms with Gasteiger partial charge in [-0.3, -0.25) is 0 Å². The van der Waals surface area contributed by atoms with Crippen molar-refractivity contribution in [3.8, 4) is 96.1 Å². The van der Waals surface area contributed by atoms with Crippen LogP contribution in [-0.2, 0) is 0 Å². The molecule has 14 rings (SSSR count). The molecule has 0 unspecified atom stereocenters. The van der Waals surface area contributed by atoms with Gasteiger partial charge in [0, 0.05) is 49.4 Å². The maximum Gasteiger partial charge on any atom is 0.164 e. The fourth-order valence-corrected chi connectivity index (χ4v) is 11.0. The number of hydrogen-bond acceptors (Lipinski definition) is 4. The molecule has 6 nitrogen and oxygen atoms in total. The van der Waals surface area contributed by atoms with Crippen molar-refractivity contribution in [1.29, 1.82) is 5.26 Å². The van der Waals surface area contributed by atoms with Crippen molar-refractivity contribution in [3.05, 3.63) is 272 Å². The second-order valence-electron chi connectivity index (χ2n) is 19.1. The van der Waals surface area contributed by atoms with Crippen LogP contribution in [0.5, 0.6) is 0 Å². The first kappa shape index (κ1) is 44.2. The molecule has 3 heterocycles. The third-order valence-corrected chi connectivity index (χ3v) is 14.6. The molecule has 0 radical (unpaired) electrons. The van der Waals surface area contributed by atoms with Gasteiger partial charge in [-0.25, -0.2) is 15.0 Å². The smallest absolute Gasteiger partial charge is 0.164 e. The normalized spacial score (nSPS) is 11.4. The number of hydrogen-bond donors (Lipinski definition) is 0. The van der Waals surface area contributed by atoms with Crippen molar-refractivity contribution in [1.82, 2.24) is 24.1 Å². The first-order valence-electron chi connectivity index (χ1n) is 25.5. The molecule has 76 heavy (non-hydrogen) atoms. The molecule has 0 saturated heterocycles. The van der Waals surface area contributed by atoms with Gasteiger partial charge in [0.25, 0.3) is 0 Å². The molecule has 0 aliphatic heterocycles. The van der Waals surface area contributed by atoms with Crippen molar-refractivity contribution in [2.24, 2.45) is 0 Å². The van der Waals surface area contributed by atoms with Gasteiger partial charge in [0.1, 0.15) is 0 Å². The van der Waals surface area contributed by atoms with Gasteiger partial charge in [-0.1, -0.05) is 194 Å². The third-order valence-electron chi connectivity index (χ3n) is 14.6. The average Bonchev–Trinajstić information content (AvgIpc) is 4.13. The molecule has 0 aliphatic carbocycles. The number of fused-ring (bicyclic) bond motifs is 6. The summed E-state index contributed by atoms with van der Waals surface area (Å²) in [7, 11) is 0. The van der Waals surface area contributed by atoms with E-state index in [2.05, 4.69) is 197 Å². The van der Waals surface area contributed by atoms with Crippen molar-refractivity contribution in [3.63, 3.8) is 0 Å². The second-order valence-corrected chi connectivity index (χ2v) is 19.1. The van der Waals surface area contributed by atoms with Crippen molar-refractivity contribution in [2.75, 3.05) is 0 Å². The average molecular weight is 969 g/mol. The Labute approximate surface area is 439 Å². The standard InChI is InChI=1S/C70H44N6/c71-45-46-29-31-49(32-30-46)54-33-37-58(67(44-54)76-63-28-16-14-26-57(63)60-42-53(35-39-66(60)76)48-19-7-2-8-20-48)61-43-55(70-73-68(50-21-9-3-10-22-50)72-69(74-70)51-23-11-4-12-24-51)36-40-65(61)75-62-27-15-13-25-56(62)59-41-52(34-38-64(59)75)47-17-5-1-6-18-47/h1-44H. The lowest BCUT2D eigenvalue weighted by molar-refractivity contribution is 1.07. The van der Waals surface area contributed by atoms with E-state index in [0.29, 0.717) is 23.0 Å². The Morgan fingerprint density at radius 2 is 0.645 bits per heavy atom. The molecule has 354 valence electrons. The van der Waals surface area contributed by atoms with Crippen LogP contribution in [0.2, 0.25) is 0 Å². The Balaban J connectivity index is 1.08. The van der Waals surface area contributed by atoms with Gasteiger partial charge in [-0.15, -0.1) is 0 Å². The highest BCUT2D eigenvalue weighted by atomic mass is 15.0. The van der Waals surface area contributed by atoms with Crippen LogP contribution in [-0.4, -0.2) is 24.1 Å². The van der Waals surface area contributed by atoms with Crippen LogP contribution in [0.3, 0.4) is 0 Å². The molecular formula is C70H44N6. The zero-order chi connectivity index (χ0) is 50.5. The molecule has 14 aromatic rings. The lowest BCUT2D eigenvalue weighted by atomic mass is 9.94. The lowest BCUT2D eigenvalue weighted by Gasteiger charge is -2.21. The zero-order valence-corrected chi connectivity index (χ0v) is 41.1. The van der Waals surface area contributed by atoms with Crippen molar-refractivity contribution >= 4 is 43.6 Å². The Hall–Kier alpha value is -10.5. The van der Waals surface area contributed by atoms with Gasteiger partial charge in [0.2, 0.25) is 0 Å². The SMILES string of the molecule is N#Cc1ccc(-c2ccc(-c3cc(-c4nc(-c5ccccc5)nc(-c5ccccc5)n4)ccc3-n3c4ccccc4c4cc(-c5ccccc5)ccc43)c(-n3c4ccccc4c4cc(-c5ccccc5)ccc43)c2)cc1. The Bertz CT molecular complexity index is 4500. The highest BCUT2D eigenvalue weighted by Crippen LogP contribution is 2.44. The molecule has 0 aliphatic rings. The first-order valence-corrected chi connectivity index (χ1v) is 25.5. The van der Waals surface area contributed by atoms with E-state index in [9.17, 15) is 5.26 Å². The molecule has 0 amide bonds. The van der Waals surface area contributed by atoms with Crippen LogP contribution >= 0.6 is 0 Å². The van der Waals surface area contributed by atoms with Crippen LogP contribution in [0.15, 0.2) is 267 Å². The minimum Gasteiger partial charge on any atom is -0.309 e. The quantitative estimate of drug-likeness (QED) is 0.144. The monoisotopic (exact) mass is 968 g/mol. The largest absolute Gasteiger partial charge is 0.309 e. The van der Waals surface area contributed by atoms with E-state index in [1.807, 2.05) is 84.9 Å². The summed E-state index contributed by atoms with van der Waals surface area (Å²) in [6.07, 6.45) is 0. The Morgan fingerprint density at radius 1 is 0.263 bits per heavy atom. The molecule has 0 bridgehead atoms. The van der Waals surface area contributed by atoms with Gasteiger partial charge in [0.15, 0.2) is 17.5 Å². The predicted molar refractivity (Wildman–Crippen MR) is 311 cm³/mol. The summed E-state index contributed by atoms with van der Waals surface area (Å²) in [5.41, 5.74) is 18.3. The maximum atomic E-state index is 9.81. The van der Waals surface area contributed by atoms with E-state index >= 15 is 0 Å².